The molecule has 0 bridgehead atoms. The van der Waals surface area contributed by atoms with Crippen LogP contribution in [0.15, 0.2) is 48.5 Å². The highest BCUT2D eigenvalue weighted by Crippen LogP contribution is 2.16. The molecule has 0 aliphatic carbocycles. The van der Waals surface area contributed by atoms with Crippen LogP contribution in [0.1, 0.15) is 41.5 Å². The van der Waals surface area contributed by atoms with Crippen molar-refractivity contribution in [2.24, 2.45) is 0 Å². The zero-order valence-corrected chi connectivity index (χ0v) is 14.5. The van der Waals surface area contributed by atoms with E-state index in [1.165, 1.54) is 0 Å². The smallest absolute Gasteiger partial charge is 0.159 e. The van der Waals surface area contributed by atoms with E-state index >= 15 is 0 Å². The average molecular weight is 324 g/mol. The van der Waals surface area contributed by atoms with Crippen molar-refractivity contribution in [2.45, 2.75) is 20.8 Å². The van der Waals surface area contributed by atoms with Crippen molar-refractivity contribution < 1.29 is 9.59 Å². The lowest BCUT2D eigenvalue weighted by molar-refractivity contribution is 0.100. The number of Topliss-reactive ketones (excluding diaryl/α,β-unsaturated/α-hetero) is 2. The molecular formula is C20H24N2O2. The maximum atomic E-state index is 11.3. The van der Waals surface area contributed by atoms with Gasteiger partial charge >= 0.3 is 0 Å². The van der Waals surface area contributed by atoms with E-state index in [0.29, 0.717) is 0 Å². The molecule has 0 aliphatic rings. The number of nitrogens with one attached hydrogen (secondary N) is 1. The van der Waals surface area contributed by atoms with Crippen molar-refractivity contribution >= 4 is 22.9 Å². The summed E-state index contributed by atoms with van der Waals surface area (Å²) in [6, 6.07) is 15.2. The van der Waals surface area contributed by atoms with Crippen LogP contribution in [0.4, 0.5) is 11.4 Å². The Balaban J connectivity index is 1.91. The van der Waals surface area contributed by atoms with Crippen LogP contribution in [0.2, 0.25) is 0 Å². The second-order valence-electron chi connectivity index (χ2n) is 5.74. The van der Waals surface area contributed by atoms with Gasteiger partial charge in [-0.2, -0.15) is 0 Å². The molecule has 126 valence electrons. The quantitative estimate of drug-likeness (QED) is 0.745. The summed E-state index contributed by atoms with van der Waals surface area (Å²) in [5.41, 5.74) is 3.57. The summed E-state index contributed by atoms with van der Waals surface area (Å²) in [6.45, 7) is 7.80. The summed E-state index contributed by atoms with van der Waals surface area (Å²) >= 11 is 0. The molecule has 0 spiro atoms. The van der Waals surface area contributed by atoms with Gasteiger partial charge in [0.05, 0.1) is 0 Å². The summed E-state index contributed by atoms with van der Waals surface area (Å²) in [6.07, 6.45) is 0. The Bertz CT molecular complexity index is 691. The van der Waals surface area contributed by atoms with Gasteiger partial charge in [0.15, 0.2) is 11.6 Å². The minimum absolute atomic E-state index is 0.0766. The highest BCUT2D eigenvalue weighted by atomic mass is 16.1. The van der Waals surface area contributed by atoms with Crippen molar-refractivity contribution in [3.8, 4) is 0 Å². The standard InChI is InChI=1S/C20H24N2O2/c1-4-22(20-11-7-18(8-12-20)16(3)24)14-13-21-19-9-5-17(6-10-19)15(2)23/h5-12,21H,4,13-14H2,1-3H3. The number of carbonyl (C=O) groups is 2. The summed E-state index contributed by atoms with van der Waals surface area (Å²) in [7, 11) is 0. The molecular weight excluding hydrogens is 300 g/mol. The number of likely N-dealkylation sites (N-methyl/N-ethyl adjacent to an activating group) is 1. The molecule has 0 saturated carbocycles. The molecule has 0 radical (unpaired) electrons. The van der Waals surface area contributed by atoms with Crippen molar-refractivity contribution in [1.82, 2.24) is 0 Å². The van der Waals surface area contributed by atoms with Crippen LogP contribution in [-0.2, 0) is 0 Å². The van der Waals surface area contributed by atoms with E-state index in [9.17, 15) is 9.59 Å². The molecule has 4 heteroatoms. The van der Waals surface area contributed by atoms with Crippen molar-refractivity contribution in [2.75, 3.05) is 29.9 Å². The predicted octanol–water partition coefficient (Wildman–Crippen LogP) is 4.03. The fourth-order valence-electron chi connectivity index (χ4n) is 2.53. The minimum Gasteiger partial charge on any atom is -0.383 e. The SMILES string of the molecule is CCN(CCNc1ccc(C(C)=O)cc1)c1ccc(C(C)=O)cc1. The van der Waals surface area contributed by atoms with Crippen LogP contribution in [0.25, 0.3) is 0 Å². The number of benzene rings is 2. The van der Waals surface area contributed by atoms with Crippen molar-refractivity contribution in [3.05, 3.63) is 59.7 Å². The van der Waals surface area contributed by atoms with Gasteiger partial charge in [-0.3, -0.25) is 9.59 Å². The highest BCUT2D eigenvalue weighted by molar-refractivity contribution is 5.94. The molecule has 24 heavy (non-hydrogen) atoms. The lowest BCUT2D eigenvalue weighted by Gasteiger charge is -2.23. The third-order valence-electron chi connectivity index (χ3n) is 4.02. The molecule has 0 aromatic heterocycles. The average Bonchev–Trinajstić information content (AvgIpc) is 2.59. The number of hydrogen-bond acceptors (Lipinski definition) is 4. The first-order valence-corrected chi connectivity index (χ1v) is 8.22. The Morgan fingerprint density at radius 1 is 0.875 bits per heavy atom. The Hall–Kier alpha value is -2.62. The normalized spacial score (nSPS) is 10.3. The van der Waals surface area contributed by atoms with Crippen LogP contribution in [0.3, 0.4) is 0 Å². The fraction of sp³-hybridized carbons (Fsp3) is 0.300. The largest absolute Gasteiger partial charge is 0.383 e. The highest BCUT2D eigenvalue weighted by Gasteiger charge is 2.06. The van der Waals surface area contributed by atoms with Crippen molar-refractivity contribution in [1.29, 1.82) is 0 Å². The zero-order chi connectivity index (χ0) is 17.5. The number of hydrogen-bond donors (Lipinski definition) is 1. The van der Waals surface area contributed by atoms with Gasteiger partial charge in [0.25, 0.3) is 0 Å². The van der Waals surface area contributed by atoms with E-state index in [4.69, 9.17) is 0 Å². The number of anilines is 2. The molecule has 0 heterocycles. The second kappa shape index (κ2) is 8.29. The predicted molar refractivity (Wildman–Crippen MR) is 99.3 cm³/mol. The molecule has 2 aromatic carbocycles. The van der Waals surface area contributed by atoms with E-state index in [1.54, 1.807) is 13.8 Å². The third kappa shape index (κ3) is 4.69. The van der Waals surface area contributed by atoms with Gasteiger partial charge in [0.2, 0.25) is 0 Å². The number of carbonyl (C=O) groups excluding carboxylic acids is 2. The number of ketones is 2. The van der Waals surface area contributed by atoms with Gasteiger partial charge in [-0.15, -0.1) is 0 Å². The maximum absolute atomic E-state index is 11.3. The van der Waals surface area contributed by atoms with E-state index in [1.807, 2.05) is 48.5 Å². The molecule has 2 rings (SSSR count). The van der Waals surface area contributed by atoms with E-state index < -0.39 is 0 Å². The first kappa shape index (κ1) is 17.7. The first-order valence-electron chi connectivity index (χ1n) is 8.22. The van der Waals surface area contributed by atoms with Crippen LogP contribution >= 0.6 is 0 Å². The van der Waals surface area contributed by atoms with Gasteiger partial charge in [-0.1, -0.05) is 0 Å². The Labute approximate surface area is 143 Å². The topological polar surface area (TPSA) is 49.4 Å². The second-order valence-corrected chi connectivity index (χ2v) is 5.74. The van der Waals surface area contributed by atoms with E-state index in [0.717, 1.165) is 42.1 Å². The number of nitrogens with zero attached hydrogens (tertiary/aromatic N) is 1. The van der Waals surface area contributed by atoms with Crippen LogP contribution in [-0.4, -0.2) is 31.2 Å². The van der Waals surface area contributed by atoms with Gasteiger partial charge in [0.1, 0.15) is 0 Å². The summed E-state index contributed by atoms with van der Waals surface area (Å²) in [5.74, 6) is 0.160. The van der Waals surface area contributed by atoms with E-state index in [2.05, 4.69) is 17.1 Å². The summed E-state index contributed by atoms with van der Waals surface area (Å²) < 4.78 is 0. The summed E-state index contributed by atoms with van der Waals surface area (Å²) in [5, 5.41) is 3.37. The van der Waals surface area contributed by atoms with Crippen LogP contribution in [0, 0.1) is 0 Å². The molecule has 0 fully saturated rings. The van der Waals surface area contributed by atoms with Crippen molar-refractivity contribution in [3.63, 3.8) is 0 Å². The van der Waals surface area contributed by atoms with E-state index in [-0.39, 0.29) is 11.6 Å². The Kier molecular flexibility index (Phi) is 6.13. The molecule has 0 amide bonds. The first-order chi connectivity index (χ1) is 11.5. The molecule has 0 aliphatic heterocycles. The Morgan fingerprint density at radius 3 is 1.83 bits per heavy atom. The Morgan fingerprint density at radius 2 is 1.38 bits per heavy atom. The van der Waals surface area contributed by atoms with Crippen LogP contribution < -0.4 is 10.2 Å². The molecule has 1 N–H and O–H groups in total. The number of rotatable bonds is 8. The molecule has 0 atom stereocenters. The molecule has 0 saturated heterocycles. The van der Waals surface area contributed by atoms with Gasteiger partial charge in [0, 0.05) is 42.1 Å². The van der Waals surface area contributed by atoms with Crippen LogP contribution in [0.5, 0.6) is 0 Å². The third-order valence-corrected chi connectivity index (χ3v) is 4.02. The van der Waals surface area contributed by atoms with Gasteiger partial charge in [-0.05, 0) is 69.3 Å². The monoisotopic (exact) mass is 324 g/mol. The van der Waals surface area contributed by atoms with Gasteiger partial charge < -0.3 is 10.2 Å². The summed E-state index contributed by atoms with van der Waals surface area (Å²) in [4.78, 5) is 24.9. The molecule has 4 nitrogen and oxygen atoms in total. The minimum atomic E-state index is 0.0766. The zero-order valence-electron chi connectivity index (χ0n) is 14.5. The fourth-order valence-corrected chi connectivity index (χ4v) is 2.53. The molecule has 2 aromatic rings. The maximum Gasteiger partial charge on any atom is 0.159 e. The lowest BCUT2D eigenvalue weighted by Crippen LogP contribution is -2.28. The molecule has 0 unspecified atom stereocenters. The lowest BCUT2D eigenvalue weighted by atomic mass is 10.1. The van der Waals surface area contributed by atoms with Gasteiger partial charge in [-0.25, -0.2) is 0 Å².